The molecule has 2 N–H and O–H groups in total. The minimum Gasteiger partial charge on any atom is -0.481 e. The molecular weight excluding hydrogens is 318 g/mol. The van der Waals surface area contributed by atoms with Crippen molar-refractivity contribution < 1.29 is 24.2 Å². The second kappa shape index (κ2) is 7.36. The van der Waals surface area contributed by atoms with Gasteiger partial charge in [0.05, 0.1) is 23.9 Å². The minimum atomic E-state index is -1.15. The number of ether oxygens (including phenoxy) is 1. The number of aromatic nitrogens is 2. The Balaban J connectivity index is 2.48. The van der Waals surface area contributed by atoms with E-state index < -0.39 is 29.8 Å². The molecule has 126 valence electrons. The number of hydrogen-bond donors (Lipinski definition) is 2. The number of carbonyl (C=O) groups excluding carboxylic acids is 2. The monoisotopic (exact) mass is 333 g/mol. The van der Waals surface area contributed by atoms with Gasteiger partial charge in [-0.25, -0.2) is 9.78 Å². The smallest absolute Gasteiger partial charge is 0.376 e. The topological polar surface area (TPSA) is 128 Å². The second-order valence-electron chi connectivity index (χ2n) is 4.74. The van der Waals surface area contributed by atoms with Gasteiger partial charge in [-0.3, -0.25) is 19.8 Å². The van der Waals surface area contributed by atoms with E-state index in [1.807, 2.05) is 0 Å². The van der Waals surface area contributed by atoms with Crippen molar-refractivity contribution in [2.24, 2.45) is 0 Å². The van der Waals surface area contributed by atoms with Crippen LogP contribution in [0.2, 0.25) is 0 Å². The number of nitrogens with zero attached hydrogens (tertiary/aromatic N) is 2. The van der Waals surface area contributed by atoms with Crippen LogP contribution in [0.15, 0.2) is 29.1 Å². The van der Waals surface area contributed by atoms with Crippen molar-refractivity contribution in [2.45, 2.75) is 19.8 Å². The number of benzene rings is 1. The number of carboxylic acid groups (broad SMARTS) is 1. The van der Waals surface area contributed by atoms with E-state index in [-0.39, 0.29) is 29.8 Å². The van der Waals surface area contributed by atoms with Gasteiger partial charge in [-0.15, -0.1) is 0 Å². The SMILES string of the molecule is CCOC(=O)c1nc2ccccc2c(=O)n1NC(=O)CCC(=O)O. The van der Waals surface area contributed by atoms with E-state index in [2.05, 4.69) is 10.4 Å². The Hall–Kier alpha value is -3.23. The predicted molar refractivity (Wildman–Crippen MR) is 83.2 cm³/mol. The first kappa shape index (κ1) is 17.1. The molecule has 1 aromatic heterocycles. The number of carbonyl (C=O) groups is 3. The third kappa shape index (κ3) is 3.75. The molecule has 1 amide bonds. The quantitative estimate of drug-likeness (QED) is 0.737. The van der Waals surface area contributed by atoms with Crippen LogP contribution in [0.1, 0.15) is 30.4 Å². The molecule has 0 saturated carbocycles. The summed E-state index contributed by atoms with van der Waals surface area (Å²) in [5.74, 6) is -3.15. The van der Waals surface area contributed by atoms with Gasteiger partial charge in [0, 0.05) is 6.42 Å². The summed E-state index contributed by atoms with van der Waals surface area (Å²) in [5, 5.41) is 8.80. The summed E-state index contributed by atoms with van der Waals surface area (Å²) in [6, 6.07) is 6.32. The van der Waals surface area contributed by atoms with Crippen LogP contribution >= 0.6 is 0 Å². The summed E-state index contributed by atoms with van der Waals surface area (Å²) >= 11 is 0. The number of amides is 1. The maximum atomic E-state index is 12.5. The lowest BCUT2D eigenvalue weighted by Gasteiger charge is -2.13. The molecular formula is C15H15N3O6. The van der Waals surface area contributed by atoms with E-state index >= 15 is 0 Å². The third-order valence-electron chi connectivity index (χ3n) is 3.04. The highest BCUT2D eigenvalue weighted by molar-refractivity contribution is 5.92. The fourth-order valence-corrected chi connectivity index (χ4v) is 1.97. The number of para-hydroxylation sites is 1. The Kier molecular flexibility index (Phi) is 5.25. The average Bonchev–Trinajstić information content (AvgIpc) is 2.55. The molecule has 0 spiro atoms. The summed E-state index contributed by atoms with van der Waals surface area (Å²) in [6.45, 7) is 1.65. The van der Waals surface area contributed by atoms with Gasteiger partial charge in [-0.2, -0.15) is 4.68 Å². The average molecular weight is 333 g/mol. The number of rotatable bonds is 6. The van der Waals surface area contributed by atoms with Gasteiger partial charge >= 0.3 is 11.9 Å². The number of fused-ring (bicyclic) bond motifs is 1. The van der Waals surface area contributed by atoms with Crippen LogP contribution in [0.3, 0.4) is 0 Å². The summed E-state index contributed by atoms with van der Waals surface area (Å²) in [6.07, 6.45) is -0.757. The molecule has 0 saturated heterocycles. The molecule has 0 radical (unpaired) electrons. The Morgan fingerprint density at radius 2 is 1.96 bits per heavy atom. The standard InChI is InChI=1S/C15H15N3O6/c1-2-24-15(23)13-16-10-6-4-3-5-9(10)14(22)18(13)17-11(19)7-8-12(20)21/h3-6H,2,7-8H2,1H3,(H,17,19)(H,20,21). The van der Waals surface area contributed by atoms with E-state index in [1.54, 1.807) is 25.1 Å². The number of nitrogens with one attached hydrogen (secondary N) is 1. The summed E-state index contributed by atoms with van der Waals surface area (Å²) in [5.41, 5.74) is 1.82. The molecule has 0 fully saturated rings. The normalized spacial score (nSPS) is 10.4. The van der Waals surface area contributed by atoms with Gasteiger partial charge in [0.25, 0.3) is 5.56 Å². The molecule has 9 nitrogen and oxygen atoms in total. The van der Waals surface area contributed by atoms with Gasteiger partial charge < -0.3 is 9.84 Å². The zero-order valence-electron chi connectivity index (χ0n) is 12.8. The first-order chi connectivity index (χ1) is 11.4. The molecule has 24 heavy (non-hydrogen) atoms. The van der Waals surface area contributed by atoms with E-state index in [0.717, 1.165) is 0 Å². The van der Waals surface area contributed by atoms with Crippen molar-refractivity contribution in [1.82, 2.24) is 9.66 Å². The highest BCUT2D eigenvalue weighted by Crippen LogP contribution is 2.08. The van der Waals surface area contributed by atoms with Crippen molar-refractivity contribution >= 4 is 28.7 Å². The Morgan fingerprint density at radius 1 is 1.25 bits per heavy atom. The maximum absolute atomic E-state index is 12.5. The summed E-state index contributed by atoms with van der Waals surface area (Å²) in [4.78, 5) is 50.9. The van der Waals surface area contributed by atoms with Crippen LogP contribution in [0, 0.1) is 0 Å². The molecule has 0 unspecified atom stereocenters. The lowest BCUT2D eigenvalue weighted by molar-refractivity contribution is -0.138. The van der Waals surface area contributed by atoms with Gasteiger partial charge in [0.2, 0.25) is 11.7 Å². The van der Waals surface area contributed by atoms with Crippen LogP contribution < -0.4 is 11.0 Å². The van der Waals surface area contributed by atoms with E-state index in [9.17, 15) is 19.2 Å². The highest BCUT2D eigenvalue weighted by atomic mass is 16.5. The maximum Gasteiger partial charge on any atom is 0.376 e. The minimum absolute atomic E-state index is 0.0640. The van der Waals surface area contributed by atoms with Crippen LogP contribution in [-0.2, 0) is 14.3 Å². The molecule has 2 rings (SSSR count). The summed E-state index contributed by atoms with van der Waals surface area (Å²) in [7, 11) is 0. The predicted octanol–water partition coefficient (Wildman–Crippen LogP) is 0.508. The molecule has 9 heteroatoms. The number of hydrogen-bond acceptors (Lipinski definition) is 6. The fraction of sp³-hybridized carbons (Fsp3) is 0.267. The molecule has 1 heterocycles. The zero-order valence-corrected chi connectivity index (χ0v) is 12.8. The number of esters is 1. The molecule has 0 aliphatic rings. The van der Waals surface area contributed by atoms with E-state index in [4.69, 9.17) is 9.84 Å². The van der Waals surface area contributed by atoms with Crippen molar-refractivity contribution in [3.05, 3.63) is 40.4 Å². The lowest BCUT2D eigenvalue weighted by atomic mass is 10.2. The van der Waals surface area contributed by atoms with Crippen molar-refractivity contribution in [1.29, 1.82) is 0 Å². The zero-order chi connectivity index (χ0) is 17.7. The van der Waals surface area contributed by atoms with Crippen molar-refractivity contribution in [3.63, 3.8) is 0 Å². The molecule has 0 aliphatic carbocycles. The molecule has 0 aliphatic heterocycles. The highest BCUT2D eigenvalue weighted by Gasteiger charge is 2.20. The van der Waals surface area contributed by atoms with Crippen molar-refractivity contribution in [2.75, 3.05) is 12.0 Å². The van der Waals surface area contributed by atoms with Crippen LogP contribution in [0.25, 0.3) is 10.9 Å². The van der Waals surface area contributed by atoms with Crippen LogP contribution in [0.5, 0.6) is 0 Å². The van der Waals surface area contributed by atoms with Crippen LogP contribution in [0.4, 0.5) is 0 Å². The second-order valence-corrected chi connectivity index (χ2v) is 4.74. The third-order valence-corrected chi connectivity index (χ3v) is 3.04. The largest absolute Gasteiger partial charge is 0.481 e. The Labute approximate surface area is 135 Å². The number of carboxylic acids is 1. The molecule has 2 aromatic rings. The first-order valence-corrected chi connectivity index (χ1v) is 7.14. The molecule has 0 bridgehead atoms. The Bertz CT molecular complexity index is 858. The van der Waals surface area contributed by atoms with Gasteiger partial charge in [-0.05, 0) is 19.1 Å². The van der Waals surface area contributed by atoms with E-state index in [1.165, 1.54) is 6.07 Å². The lowest BCUT2D eigenvalue weighted by Crippen LogP contribution is -2.38. The van der Waals surface area contributed by atoms with Gasteiger partial charge in [0.15, 0.2) is 0 Å². The summed E-state index contributed by atoms with van der Waals surface area (Å²) < 4.78 is 5.53. The number of aliphatic carboxylic acids is 1. The Morgan fingerprint density at radius 3 is 2.62 bits per heavy atom. The first-order valence-electron chi connectivity index (χ1n) is 7.14. The molecule has 0 atom stereocenters. The fourth-order valence-electron chi connectivity index (χ4n) is 1.97. The van der Waals surface area contributed by atoms with Gasteiger partial charge in [0.1, 0.15) is 0 Å². The van der Waals surface area contributed by atoms with E-state index in [0.29, 0.717) is 4.68 Å². The molecule has 1 aromatic carbocycles. The van der Waals surface area contributed by atoms with Crippen LogP contribution in [-0.4, -0.2) is 39.2 Å². The van der Waals surface area contributed by atoms with Crippen molar-refractivity contribution in [3.8, 4) is 0 Å². The van der Waals surface area contributed by atoms with Gasteiger partial charge in [-0.1, -0.05) is 12.1 Å².